The first kappa shape index (κ1) is 21.7. The molecule has 37 heavy (non-hydrogen) atoms. The monoisotopic (exact) mass is 492 g/mol. The number of hydrogen-bond donors (Lipinski definition) is 2. The molecule has 1 heterocycles. The average molecular weight is 493 g/mol. The first-order valence-electron chi connectivity index (χ1n) is 12.4. The Morgan fingerprint density at radius 1 is 0.432 bits per heavy atom. The fourth-order valence-electron chi connectivity index (χ4n) is 5.04. The molecule has 0 unspecified atom stereocenters. The molecule has 176 valence electrons. The van der Waals surface area contributed by atoms with Gasteiger partial charge in [-0.25, -0.2) is 0 Å². The maximum absolute atomic E-state index is 3.76. The molecule has 0 aliphatic rings. The van der Waals surface area contributed by atoms with Crippen LogP contribution in [0.5, 0.6) is 0 Å². The summed E-state index contributed by atoms with van der Waals surface area (Å²) in [7, 11) is 0. The molecule has 0 aliphatic heterocycles. The lowest BCUT2D eigenvalue weighted by Gasteiger charge is -2.15. The van der Waals surface area contributed by atoms with Crippen LogP contribution in [-0.2, 0) is 0 Å². The summed E-state index contributed by atoms with van der Waals surface area (Å²) in [6.45, 7) is 0. The summed E-state index contributed by atoms with van der Waals surface area (Å²) in [6.07, 6.45) is 0. The quantitative estimate of drug-likeness (QED) is 0.250. The van der Waals surface area contributed by atoms with Crippen molar-refractivity contribution in [3.63, 3.8) is 0 Å². The van der Waals surface area contributed by atoms with Crippen LogP contribution in [0.1, 0.15) is 0 Å². The lowest BCUT2D eigenvalue weighted by molar-refractivity contribution is 1.52. The molecule has 0 radical (unpaired) electrons. The van der Waals surface area contributed by atoms with Gasteiger partial charge in [0.15, 0.2) is 0 Å². The second-order valence-corrected chi connectivity index (χ2v) is 10.3. The van der Waals surface area contributed by atoms with Crippen molar-refractivity contribution >= 4 is 65.0 Å². The Kier molecular flexibility index (Phi) is 5.34. The largest absolute Gasteiger partial charge is 0.355 e. The molecule has 0 aliphatic carbocycles. The maximum atomic E-state index is 3.76. The Bertz CT molecular complexity index is 1890. The second kappa shape index (κ2) is 9.12. The van der Waals surface area contributed by atoms with Gasteiger partial charge in [0.1, 0.15) is 0 Å². The van der Waals surface area contributed by atoms with Crippen LogP contribution in [0.25, 0.3) is 42.1 Å². The number of fused-ring (bicyclic) bond motifs is 4. The van der Waals surface area contributed by atoms with Gasteiger partial charge in [-0.1, -0.05) is 84.9 Å². The van der Waals surface area contributed by atoms with Crippen molar-refractivity contribution in [2.75, 3.05) is 10.6 Å². The van der Waals surface area contributed by atoms with Gasteiger partial charge in [-0.05, 0) is 70.4 Å². The Labute approximate surface area is 219 Å². The molecular weight excluding hydrogens is 468 g/mol. The Morgan fingerprint density at radius 3 is 2.05 bits per heavy atom. The van der Waals surface area contributed by atoms with Crippen molar-refractivity contribution in [1.82, 2.24) is 0 Å². The minimum absolute atomic E-state index is 1.04. The molecule has 0 fully saturated rings. The number of rotatable bonds is 5. The Balaban J connectivity index is 1.32. The predicted octanol–water partition coefficient (Wildman–Crippen LogP) is 10.4. The van der Waals surface area contributed by atoms with E-state index in [1.165, 1.54) is 36.5 Å². The Morgan fingerprint density at radius 2 is 1.16 bits per heavy atom. The molecule has 7 rings (SSSR count). The van der Waals surface area contributed by atoms with Crippen molar-refractivity contribution in [1.29, 1.82) is 0 Å². The van der Waals surface area contributed by atoms with E-state index in [2.05, 4.69) is 144 Å². The third-order valence-corrected chi connectivity index (χ3v) is 7.90. The van der Waals surface area contributed by atoms with Crippen LogP contribution in [0.15, 0.2) is 133 Å². The van der Waals surface area contributed by atoms with Gasteiger partial charge >= 0.3 is 0 Å². The van der Waals surface area contributed by atoms with Crippen LogP contribution in [0.4, 0.5) is 22.7 Å². The Hall–Kier alpha value is -4.60. The molecule has 0 saturated carbocycles. The maximum Gasteiger partial charge on any atom is 0.0478 e. The van der Waals surface area contributed by atoms with Crippen LogP contribution in [0.3, 0.4) is 0 Å². The standard InChI is InChI=1S/C34H24N2S/c1-2-9-23(10-3-1)26-20-28(35-27-18-17-24-11-4-5-12-25(24)19-27)22-29(21-26)36-31-14-8-16-33-34(31)30-13-6-7-15-32(30)37-33/h1-22,35-36H. The molecule has 7 aromatic rings. The van der Waals surface area contributed by atoms with Crippen molar-refractivity contribution < 1.29 is 0 Å². The zero-order valence-electron chi connectivity index (χ0n) is 20.1. The minimum Gasteiger partial charge on any atom is -0.355 e. The van der Waals surface area contributed by atoms with E-state index in [1.807, 2.05) is 11.3 Å². The van der Waals surface area contributed by atoms with Crippen LogP contribution >= 0.6 is 11.3 Å². The first-order chi connectivity index (χ1) is 18.3. The third-order valence-electron chi connectivity index (χ3n) is 6.76. The zero-order valence-corrected chi connectivity index (χ0v) is 20.9. The summed E-state index contributed by atoms with van der Waals surface area (Å²) in [5.74, 6) is 0. The van der Waals surface area contributed by atoms with E-state index in [1.54, 1.807) is 0 Å². The van der Waals surface area contributed by atoms with Gasteiger partial charge in [-0.3, -0.25) is 0 Å². The van der Waals surface area contributed by atoms with Crippen molar-refractivity contribution in [3.8, 4) is 11.1 Å². The fraction of sp³-hybridized carbons (Fsp3) is 0. The van der Waals surface area contributed by atoms with Gasteiger partial charge in [-0.2, -0.15) is 0 Å². The molecule has 0 atom stereocenters. The molecule has 1 aromatic heterocycles. The molecule has 0 spiro atoms. The number of hydrogen-bond acceptors (Lipinski definition) is 3. The third kappa shape index (κ3) is 4.20. The smallest absolute Gasteiger partial charge is 0.0478 e. The van der Waals surface area contributed by atoms with Gasteiger partial charge in [0.25, 0.3) is 0 Å². The molecule has 2 nitrogen and oxygen atoms in total. The predicted molar refractivity (Wildman–Crippen MR) is 162 cm³/mol. The van der Waals surface area contributed by atoms with Gasteiger partial charge < -0.3 is 10.6 Å². The van der Waals surface area contributed by atoms with E-state index in [4.69, 9.17) is 0 Å². The van der Waals surface area contributed by atoms with E-state index in [-0.39, 0.29) is 0 Å². The SMILES string of the molecule is c1ccc(-c2cc(Nc3ccc4ccccc4c3)cc(Nc3cccc4sc5ccccc5c34)c2)cc1. The lowest BCUT2D eigenvalue weighted by Crippen LogP contribution is -1.96. The molecule has 0 amide bonds. The topological polar surface area (TPSA) is 24.1 Å². The summed E-state index contributed by atoms with van der Waals surface area (Å²) >= 11 is 1.84. The van der Waals surface area contributed by atoms with E-state index in [0.29, 0.717) is 0 Å². The van der Waals surface area contributed by atoms with E-state index in [0.717, 1.165) is 28.3 Å². The van der Waals surface area contributed by atoms with Crippen molar-refractivity contribution in [2.45, 2.75) is 0 Å². The second-order valence-electron chi connectivity index (χ2n) is 9.25. The fourth-order valence-corrected chi connectivity index (χ4v) is 6.17. The highest BCUT2D eigenvalue weighted by molar-refractivity contribution is 7.25. The molecule has 0 bridgehead atoms. The molecule has 6 aromatic carbocycles. The van der Waals surface area contributed by atoms with E-state index < -0.39 is 0 Å². The van der Waals surface area contributed by atoms with E-state index in [9.17, 15) is 0 Å². The highest BCUT2D eigenvalue weighted by atomic mass is 32.1. The molecule has 3 heteroatoms. The van der Waals surface area contributed by atoms with Gasteiger partial charge in [-0.15, -0.1) is 11.3 Å². The minimum atomic E-state index is 1.04. The van der Waals surface area contributed by atoms with Gasteiger partial charge in [0.05, 0.1) is 0 Å². The van der Waals surface area contributed by atoms with Crippen LogP contribution in [0, 0.1) is 0 Å². The number of anilines is 4. The first-order valence-corrected chi connectivity index (χ1v) is 13.3. The number of nitrogens with one attached hydrogen (secondary N) is 2. The normalized spacial score (nSPS) is 11.2. The van der Waals surface area contributed by atoms with Gasteiger partial charge in [0, 0.05) is 42.9 Å². The van der Waals surface area contributed by atoms with E-state index >= 15 is 0 Å². The van der Waals surface area contributed by atoms with Gasteiger partial charge in [0.2, 0.25) is 0 Å². The lowest BCUT2D eigenvalue weighted by atomic mass is 10.0. The molecular formula is C34H24N2S. The van der Waals surface area contributed by atoms with Crippen LogP contribution in [0.2, 0.25) is 0 Å². The van der Waals surface area contributed by atoms with Crippen LogP contribution in [-0.4, -0.2) is 0 Å². The average Bonchev–Trinajstić information content (AvgIpc) is 3.33. The summed E-state index contributed by atoms with van der Waals surface area (Å²) < 4.78 is 2.60. The molecule has 0 saturated heterocycles. The van der Waals surface area contributed by atoms with Crippen molar-refractivity contribution in [3.05, 3.63) is 133 Å². The summed E-state index contributed by atoms with van der Waals surface area (Å²) in [5.41, 5.74) is 6.63. The van der Waals surface area contributed by atoms with Crippen molar-refractivity contribution in [2.24, 2.45) is 0 Å². The highest BCUT2D eigenvalue weighted by Crippen LogP contribution is 2.40. The highest BCUT2D eigenvalue weighted by Gasteiger charge is 2.11. The summed E-state index contributed by atoms with van der Waals surface area (Å²) in [6, 6.07) is 47.3. The number of benzene rings is 6. The zero-order chi connectivity index (χ0) is 24.6. The summed E-state index contributed by atoms with van der Waals surface area (Å²) in [5, 5.41) is 12.4. The summed E-state index contributed by atoms with van der Waals surface area (Å²) in [4.78, 5) is 0. The van der Waals surface area contributed by atoms with Crippen LogP contribution < -0.4 is 10.6 Å². The molecule has 2 N–H and O–H groups in total. The number of thiophene rings is 1.